The number of alkyl halides is 3. The molecule has 2 atom stereocenters. The number of carbonyl (C=O) groups is 3. The molecule has 7 N–H and O–H groups in total. The Morgan fingerprint density at radius 1 is 0.864 bits per heavy atom. The SMILES string of the molecule is COC(=O)Nc1ccccc1NC(=O)Nc1ccc(C[C@@H](CO)NC[C@H](O)COc2ccccc2)cc1.O=C(O)C(F)(F)F. The van der Waals surface area contributed by atoms with Crippen molar-refractivity contribution in [2.24, 2.45) is 0 Å². The van der Waals surface area contributed by atoms with Gasteiger partial charge >= 0.3 is 24.3 Å². The molecule has 3 aromatic carbocycles. The number of para-hydroxylation sites is 3. The van der Waals surface area contributed by atoms with Gasteiger partial charge in [-0.25, -0.2) is 14.4 Å². The van der Waals surface area contributed by atoms with Crippen LogP contribution in [0.25, 0.3) is 0 Å². The zero-order valence-electron chi connectivity index (χ0n) is 23.5. The predicted octanol–water partition coefficient (Wildman–Crippen LogP) is 4.08. The minimum Gasteiger partial charge on any atom is -0.491 e. The lowest BCUT2D eigenvalue weighted by Gasteiger charge is -2.19. The first kappa shape index (κ1) is 35.3. The number of urea groups is 1. The second-order valence-electron chi connectivity index (χ2n) is 9.01. The number of hydrogen-bond donors (Lipinski definition) is 7. The Morgan fingerprint density at radius 2 is 1.43 bits per heavy atom. The summed E-state index contributed by atoms with van der Waals surface area (Å²) in [7, 11) is 1.26. The number of hydrogen-bond acceptors (Lipinski definition) is 8. The maximum Gasteiger partial charge on any atom is 0.490 e. The van der Waals surface area contributed by atoms with Gasteiger partial charge in [0, 0.05) is 18.3 Å². The van der Waals surface area contributed by atoms with Crippen molar-refractivity contribution in [3.8, 4) is 5.75 Å². The molecule has 0 aliphatic heterocycles. The van der Waals surface area contributed by atoms with Gasteiger partial charge in [-0.05, 0) is 48.4 Å². The van der Waals surface area contributed by atoms with Gasteiger partial charge in [0.2, 0.25) is 0 Å². The standard InChI is InChI=1S/C27H32N4O6.C2HF3O2/c1-36-27(35)31-25-10-6-5-9-24(25)30-26(34)29-20-13-11-19(12-14-20)15-21(17-32)28-16-22(33)18-37-23-7-3-2-4-8-23;3-2(4,5)1(6)7/h2-14,21-22,28,32-33H,15-18H2,1H3,(H,31,35)(H2,29,30,34);(H,6,7)/t21-,22-;/m0./s1. The number of amides is 3. The van der Waals surface area contributed by atoms with Crippen molar-refractivity contribution < 1.29 is 52.3 Å². The van der Waals surface area contributed by atoms with Gasteiger partial charge in [0.05, 0.1) is 25.1 Å². The highest BCUT2D eigenvalue weighted by Gasteiger charge is 2.38. The topological polar surface area (TPSA) is 178 Å². The van der Waals surface area contributed by atoms with Gasteiger partial charge in [-0.2, -0.15) is 13.2 Å². The number of halogens is 3. The van der Waals surface area contributed by atoms with Crippen molar-refractivity contribution in [1.29, 1.82) is 0 Å². The molecule has 12 nitrogen and oxygen atoms in total. The summed E-state index contributed by atoms with van der Waals surface area (Å²) in [6.45, 7) is 0.304. The fourth-order valence-electron chi connectivity index (χ4n) is 3.43. The Morgan fingerprint density at radius 3 is 1.98 bits per heavy atom. The van der Waals surface area contributed by atoms with Gasteiger partial charge in [-0.15, -0.1) is 0 Å². The molecule has 44 heavy (non-hydrogen) atoms. The smallest absolute Gasteiger partial charge is 0.490 e. The molecule has 0 saturated heterocycles. The molecular weight excluding hydrogens is 589 g/mol. The first-order valence-corrected chi connectivity index (χ1v) is 13.0. The summed E-state index contributed by atoms with van der Waals surface area (Å²) < 4.78 is 41.9. The van der Waals surface area contributed by atoms with Crippen LogP contribution in [0.5, 0.6) is 5.75 Å². The van der Waals surface area contributed by atoms with E-state index >= 15 is 0 Å². The third-order valence-corrected chi connectivity index (χ3v) is 5.58. The molecule has 3 aromatic rings. The number of anilines is 3. The van der Waals surface area contributed by atoms with E-state index in [2.05, 4.69) is 26.0 Å². The zero-order valence-corrected chi connectivity index (χ0v) is 23.5. The quantitative estimate of drug-likeness (QED) is 0.157. The minimum absolute atomic E-state index is 0.103. The molecule has 238 valence electrons. The van der Waals surface area contributed by atoms with E-state index in [0.29, 0.717) is 29.2 Å². The summed E-state index contributed by atoms with van der Waals surface area (Å²) >= 11 is 0. The van der Waals surface area contributed by atoms with Crippen molar-refractivity contribution >= 4 is 35.2 Å². The van der Waals surface area contributed by atoms with E-state index in [9.17, 15) is 33.0 Å². The number of methoxy groups -OCH3 is 1. The summed E-state index contributed by atoms with van der Waals surface area (Å²) in [5.74, 6) is -2.07. The van der Waals surface area contributed by atoms with E-state index in [-0.39, 0.29) is 25.8 Å². The number of ether oxygens (including phenoxy) is 2. The average Bonchev–Trinajstić information content (AvgIpc) is 3.00. The van der Waals surface area contributed by atoms with Crippen molar-refractivity contribution in [3.63, 3.8) is 0 Å². The predicted molar refractivity (Wildman–Crippen MR) is 156 cm³/mol. The molecule has 0 aromatic heterocycles. The molecule has 0 fully saturated rings. The number of carboxylic acid groups (broad SMARTS) is 1. The van der Waals surface area contributed by atoms with Crippen LogP contribution >= 0.6 is 0 Å². The largest absolute Gasteiger partial charge is 0.491 e. The molecule has 0 spiro atoms. The summed E-state index contributed by atoms with van der Waals surface area (Å²) in [5.41, 5.74) is 2.33. The molecule has 3 amide bonds. The van der Waals surface area contributed by atoms with E-state index in [1.165, 1.54) is 7.11 Å². The monoisotopic (exact) mass is 622 g/mol. The molecule has 0 radical (unpaired) electrons. The van der Waals surface area contributed by atoms with Gasteiger partial charge < -0.3 is 40.7 Å². The van der Waals surface area contributed by atoms with Crippen LogP contribution in [0.4, 0.5) is 39.8 Å². The summed E-state index contributed by atoms with van der Waals surface area (Å²) in [6, 6.07) is 22.5. The van der Waals surface area contributed by atoms with Crippen LogP contribution in [-0.4, -0.2) is 78.6 Å². The van der Waals surface area contributed by atoms with Crippen LogP contribution in [0.1, 0.15) is 5.56 Å². The maximum absolute atomic E-state index is 12.4. The number of aliphatic hydroxyl groups is 2. The van der Waals surface area contributed by atoms with Crippen LogP contribution in [0.3, 0.4) is 0 Å². The molecule has 3 rings (SSSR count). The highest BCUT2D eigenvalue weighted by atomic mass is 19.4. The molecule has 0 bridgehead atoms. The molecule has 0 aliphatic carbocycles. The Labute approximate surface area is 250 Å². The van der Waals surface area contributed by atoms with E-state index in [0.717, 1.165) is 5.56 Å². The van der Waals surface area contributed by atoms with Crippen LogP contribution in [-0.2, 0) is 16.0 Å². The van der Waals surface area contributed by atoms with Gasteiger partial charge in [0.15, 0.2) is 0 Å². The second kappa shape index (κ2) is 17.9. The lowest BCUT2D eigenvalue weighted by atomic mass is 10.1. The van der Waals surface area contributed by atoms with E-state index in [4.69, 9.17) is 14.6 Å². The Bertz CT molecular complexity index is 1330. The van der Waals surface area contributed by atoms with Crippen LogP contribution < -0.4 is 26.0 Å². The first-order chi connectivity index (χ1) is 20.9. The number of carboxylic acids is 1. The number of aliphatic hydroxyl groups excluding tert-OH is 2. The van der Waals surface area contributed by atoms with Crippen LogP contribution in [0, 0.1) is 0 Å². The van der Waals surface area contributed by atoms with E-state index in [1.54, 1.807) is 36.4 Å². The third-order valence-electron chi connectivity index (χ3n) is 5.58. The molecular formula is C29H33F3N4O8. The number of benzene rings is 3. The van der Waals surface area contributed by atoms with E-state index < -0.39 is 30.4 Å². The number of rotatable bonds is 12. The Balaban J connectivity index is 0.000000860. The Kier molecular flexibility index (Phi) is 14.4. The molecule has 0 unspecified atom stereocenters. The summed E-state index contributed by atoms with van der Waals surface area (Å²) in [5, 5.41) is 38.2. The van der Waals surface area contributed by atoms with Crippen molar-refractivity contribution in [3.05, 3.63) is 84.4 Å². The normalized spacial score (nSPS) is 12.0. The van der Waals surface area contributed by atoms with Gasteiger partial charge in [-0.3, -0.25) is 5.32 Å². The van der Waals surface area contributed by atoms with Gasteiger partial charge in [0.25, 0.3) is 0 Å². The van der Waals surface area contributed by atoms with Crippen molar-refractivity contribution in [2.45, 2.75) is 24.7 Å². The highest BCUT2D eigenvalue weighted by molar-refractivity contribution is 6.03. The van der Waals surface area contributed by atoms with E-state index in [1.807, 2.05) is 42.5 Å². The fraction of sp³-hybridized carbons (Fsp3) is 0.276. The maximum atomic E-state index is 12.4. The molecule has 0 saturated carbocycles. The van der Waals surface area contributed by atoms with Gasteiger partial charge in [0.1, 0.15) is 18.5 Å². The molecule has 0 aliphatic rings. The lowest BCUT2D eigenvalue weighted by molar-refractivity contribution is -0.192. The summed E-state index contributed by atoms with van der Waals surface area (Å²) in [4.78, 5) is 32.8. The van der Waals surface area contributed by atoms with Crippen molar-refractivity contribution in [1.82, 2.24) is 5.32 Å². The molecule has 0 heterocycles. The lowest BCUT2D eigenvalue weighted by Crippen LogP contribution is -2.41. The van der Waals surface area contributed by atoms with Crippen LogP contribution in [0.2, 0.25) is 0 Å². The minimum atomic E-state index is -5.08. The van der Waals surface area contributed by atoms with Crippen LogP contribution in [0.15, 0.2) is 78.9 Å². The third kappa shape index (κ3) is 13.4. The first-order valence-electron chi connectivity index (χ1n) is 13.0. The number of nitrogens with one attached hydrogen (secondary N) is 4. The van der Waals surface area contributed by atoms with Crippen molar-refractivity contribution in [2.75, 3.05) is 42.8 Å². The summed E-state index contributed by atoms with van der Waals surface area (Å²) in [6.07, 6.45) is -5.93. The number of aliphatic carboxylic acids is 1. The molecule has 15 heteroatoms. The number of carbonyl (C=O) groups excluding carboxylic acids is 2. The van der Waals surface area contributed by atoms with Gasteiger partial charge in [-0.1, -0.05) is 42.5 Å². The second-order valence-corrected chi connectivity index (χ2v) is 9.01. The average molecular weight is 623 g/mol. The highest BCUT2D eigenvalue weighted by Crippen LogP contribution is 2.22. The fourth-order valence-corrected chi connectivity index (χ4v) is 3.43. The zero-order chi connectivity index (χ0) is 32.5. The Hall–Kier alpha value is -4.86.